The van der Waals surface area contributed by atoms with Crippen molar-refractivity contribution in [3.05, 3.63) is 59.1 Å². The van der Waals surface area contributed by atoms with Gasteiger partial charge in [0.25, 0.3) is 0 Å². The molecule has 1 aromatic heterocycles. The first kappa shape index (κ1) is 20.4. The van der Waals surface area contributed by atoms with E-state index in [0.29, 0.717) is 29.2 Å². The van der Waals surface area contributed by atoms with E-state index >= 15 is 0 Å². The number of methoxy groups -OCH3 is 1. The molecule has 0 bridgehead atoms. The molecule has 6 nitrogen and oxygen atoms in total. The van der Waals surface area contributed by atoms with E-state index in [1.54, 1.807) is 7.11 Å². The van der Waals surface area contributed by atoms with Crippen LogP contribution < -0.4 is 5.32 Å². The summed E-state index contributed by atoms with van der Waals surface area (Å²) in [4.78, 5) is 12.0. The highest BCUT2D eigenvalue weighted by molar-refractivity contribution is 7.99. The predicted molar refractivity (Wildman–Crippen MR) is 112 cm³/mol. The van der Waals surface area contributed by atoms with Crippen molar-refractivity contribution in [3.8, 4) is 17.1 Å². The second-order valence-electron chi connectivity index (χ2n) is 6.12. The van der Waals surface area contributed by atoms with E-state index in [-0.39, 0.29) is 11.7 Å². The molecule has 8 heteroatoms. The minimum atomic E-state index is -0.0791. The van der Waals surface area contributed by atoms with Gasteiger partial charge in [-0.1, -0.05) is 53.2 Å². The maximum atomic E-state index is 12.0. The Bertz CT molecular complexity index is 926. The third-order valence-electron chi connectivity index (χ3n) is 3.99. The first-order chi connectivity index (χ1) is 13.6. The number of aryl methyl sites for hydroxylation is 1. The van der Waals surface area contributed by atoms with Crippen LogP contribution in [0.5, 0.6) is 0 Å². The van der Waals surface area contributed by atoms with Gasteiger partial charge < -0.3 is 10.1 Å². The summed E-state index contributed by atoms with van der Waals surface area (Å²) in [7, 11) is 1.60. The lowest BCUT2D eigenvalue weighted by Gasteiger charge is -2.11. The highest BCUT2D eigenvalue weighted by Gasteiger charge is 2.17. The highest BCUT2D eigenvalue weighted by Crippen LogP contribution is 2.28. The number of hydrogen-bond acceptors (Lipinski definition) is 5. The Kier molecular flexibility index (Phi) is 7.08. The minimum Gasteiger partial charge on any atom is -0.383 e. The zero-order valence-electron chi connectivity index (χ0n) is 15.7. The van der Waals surface area contributed by atoms with Crippen LogP contribution in [0.15, 0.2) is 53.7 Å². The second kappa shape index (κ2) is 9.73. The van der Waals surface area contributed by atoms with Crippen molar-refractivity contribution in [2.45, 2.75) is 12.1 Å². The first-order valence-electron chi connectivity index (χ1n) is 8.75. The molecule has 146 valence electrons. The van der Waals surface area contributed by atoms with Gasteiger partial charge in [0, 0.05) is 29.9 Å². The van der Waals surface area contributed by atoms with Gasteiger partial charge in [-0.3, -0.25) is 9.36 Å². The summed E-state index contributed by atoms with van der Waals surface area (Å²) in [6.45, 7) is 3.00. The normalized spacial score (nSPS) is 10.8. The molecule has 1 heterocycles. The lowest BCUT2D eigenvalue weighted by atomic mass is 10.1. The molecule has 0 aliphatic rings. The number of rotatable bonds is 8. The largest absolute Gasteiger partial charge is 0.383 e. The van der Waals surface area contributed by atoms with Crippen LogP contribution in [0.1, 0.15) is 5.56 Å². The number of ether oxygens (including phenoxy) is 1. The number of nitrogens with zero attached hydrogens (tertiary/aromatic N) is 3. The summed E-state index contributed by atoms with van der Waals surface area (Å²) in [5.74, 6) is 0.873. The van der Waals surface area contributed by atoms with Crippen molar-refractivity contribution in [1.29, 1.82) is 0 Å². The van der Waals surface area contributed by atoms with Gasteiger partial charge in [0.15, 0.2) is 11.0 Å². The summed E-state index contributed by atoms with van der Waals surface area (Å²) in [6.07, 6.45) is 0. The molecule has 0 spiro atoms. The number of aromatic nitrogens is 3. The van der Waals surface area contributed by atoms with E-state index in [1.165, 1.54) is 17.3 Å². The zero-order valence-corrected chi connectivity index (χ0v) is 17.3. The number of benzene rings is 2. The molecule has 1 amide bonds. The molecule has 28 heavy (non-hydrogen) atoms. The number of carbonyl (C=O) groups is 1. The fourth-order valence-electron chi connectivity index (χ4n) is 2.55. The molecule has 2 aromatic carbocycles. The average Bonchev–Trinajstić information content (AvgIpc) is 3.12. The average molecular weight is 417 g/mol. The van der Waals surface area contributed by atoms with Gasteiger partial charge in [-0.15, -0.1) is 10.2 Å². The van der Waals surface area contributed by atoms with Gasteiger partial charge >= 0.3 is 0 Å². The lowest BCUT2D eigenvalue weighted by Crippen LogP contribution is -2.28. The van der Waals surface area contributed by atoms with Crippen molar-refractivity contribution in [3.63, 3.8) is 0 Å². The Morgan fingerprint density at radius 3 is 2.54 bits per heavy atom. The Morgan fingerprint density at radius 1 is 1.14 bits per heavy atom. The summed E-state index contributed by atoms with van der Waals surface area (Å²) in [6, 6.07) is 15.6. The number of halogens is 1. The molecule has 0 aliphatic heterocycles. The van der Waals surface area contributed by atoms with E-state index in [2.05, 4.69) is 15.5 Å². The topological polar surface area (TPSA) is 69.0 Å². The summed E-state index contributed by atoms with van der Waals surface area (Å²) in [5.41, 5.74) is 3.00. The fourth-order valence-corrected chi connectivity index (χ4v) is 3.46. The second-order valence-corrected chi connectivity index (χ2v) is 7.49. The van der Waals surface area contributed by atoms with Crippen molar-refractivity contribution >= 4 is 29.3 Å². The van der Waals surface area contributed by atoms with E-state index in [4.69, 9.17) is 16.3 Å². The molecule has 1 N–H and O–H groups in total. The number of carbonyl (C=O) groups excluding carboxylic acids is 1. The SMILES string of the molecule is COCCNC(=O)CSc1nnc(-c2ccc(C)cc2)n1-c1ccc(Cl)cc1. The third-order valence-corrected chi connectivity index (χ3v) is 5.17. The Hall–Kier alpha value is -2.35. The molecule has 3 aromatic rings. The molecular formula is C20H21ClN4O2S. The van der Waals surface area contributed by atoms with Crippen LogP contribution in [0.3, 0.4) is 0 Å². The minimum absolute atomic E-state index is 0.0791. The first-order valence-corrected chi connectivity index (χ1v) is 10.1. The van der Waals surface area contributed by atoms with Gasteiger partial charge in [-0.05, 0) is 31.2 Å². The summed E-state index contributed by atoms with van der Waals surface area (Å²) >= 11 is 7.38. The molecule has 0 fully saturated rings. The van der Waals surface area contributed by atoms with Crippen LogP contribution in [0.25, 0.3) is 17.1 Å². The zero-order chi connectivity index (χ0) is 19.9. The Balaban J connectivity index is 1.88. The molecule has 0 unspecified atom stereocenters. The standard InChI is InChI=1S/C20H21ClN4O2S/c1-14-3-5-15(6-4-14)19-23-24-20(28-13-18(26)22-11-12-27-2)25(19)17-9-7-16(21)8-10-17/h3-10H,11-13H2,1-2H3,(H,22,26). The number of amides is 1. The predicted octanol–water partition coefficient (Wildman–Crippen LogP) is 3.75. The Morgan fingerprint density at radius 2 is 1.86 bits per heavy atom. The van der Waals surface area contributed by atoms with Crippen LogP contribution in [0, 0.1) is 6.92 Å². The smallest absolute Gasteiger partial charge is 0.230 e. The van der Waals surface area contributed by atoms with Crippen molar-refractivity contribution in [2.75, 3.05) is 26.0 Å². The van der Waals surface area contributed by atoms with Crippen LogP contribution in [-0.4, -0.2) is 46.7 Å². The van der Waals surface area contributed by atoms with Crippen molar-refractivity contribution in [1.82, 2.24) is 20.1 Å². The highest BCUT2D eigenvalue weighted by atomic mass is 35.5. The lowest BCUT2D eigenvalue weighted by molar-refractivity contribution is -0.118. The van der Waals surface area contributed by atoms with Crippen molar-refractivity contribution < 1.29 is 9.53 Å². The van der Waals surface area contributed by atoms with Crippen LogP contribution >= 0.6 is 23.4 Å². The van der Waals surface area contributed by atoms with Gasteiger partial charge in [-0.25, -0.2) is 0 Å². The summed E-state index contributed by atoms with van der Waals surface area (Å²) < 4.78 is 6.88. The van der Waals surface area contributed by atoms with E-state index in [1.807, 2.05) is 60.0 Å². The molecule has 0 atom stereocenters. The van der Waals surface area contributed by atoms with Gasteiger partial charge in [0.1, 0.15) is 0 Å². The molecular weight excluding hydrogens is 396 g/mol. The van der Waals surface area contributed by atoms with E-state index < -0.39 is 0 Å². The molecule has 0 saturated heterocycles. The Labute approximate surface area is 173 Å². The van der Waals surface area contributed by atoms with Gasteiger partial charge in [0.2, 0.25) is 5.91 Å². The van der Waals surface area contributed by atoms with Crippen LogP contribution in [0.4, 0.5) is 0 Å². The molecule has 0 aliphatic carbocycles. The monoisotopic (exact) mass is 416 g/mol. The quantitative estimate of drug-likeness (QED) is 0.447. The van der Waals surface area contributed by atoms with E-state index in [9.17, 15) is 4.79 Å². The molecule has 0 radical (unpaired) electrons. The number of hydrogen-bond donors (Lipinski definition) is 1. The number of thioether (sulfide) groups is 1. The maximum absolute atomic E-state index is 12.0. The van der Waals surface area contributed by atoms with Crippen LogP contribution in [0.2, 0.25) is 5.02 Å². The molecule has 0 saturated carbocycles. The number of nitrogens with one attached hydrogen (secondary N) is 1. The van der Waals surface area contributed by atoms with Gasteiger partial charge in [0.05, 0.1) is 12.4 Å². The fraction of sp³-hybridized carbons (Fsp3) is 0.250. The summed E-state index contributed by atoms with van der Waals surface area (Å²) in [5, 5.41) is 12.8. The van der Waals surface area contributed by atoms with Crippen LogP contribution in [-0.2, 0) is 9.53 Å². The van der Waals surface area contributed by atoms with E-state index in [0.717, 1.165) is 11.3 Å². The maximum Gasteiger partial charge on any atom is 0.230 e. The third kappa shape index (κ3) is 5.13. The van der Waals surface area contributed by atoms with Crippen molar-refractivity contribution in [2.24, 2.45) is 0 Å². The molecule has 3 rings (SSSR count). The van der Waals surface area contributed by atoms with Gasteiger partial charge in [-0.2, -0.15) is 0 Å².